The van der Waals surface area contributed by atoms with Gasteiger partial charge in [-0.2, -0.15) is 4.99 Å². The number of aliphatic imine (C=N–C) groups is 2. The molecule has 0 aromatic carbocycles. The van der Waals surface area contributed by atoms with E-state index < -0.39 is 29.9 Å². The van der Waals surface area contributed by atoms with Crippen LogP contribution in [0, 0.1) is 0 Å². The van der Waals surface area contributed by atoms with Crippen LogP contribution in [0.5, 0.6) is 0 Å². The maximum atomic E-state index is 11.7. The van der Waals surface area contributed by atoms with Crippen LogP contribution in [0.3, 0.4) is 0 Å². The highest BCUT2D eigenvalue weighted by Gasteiger charge is 2.50. The lowest BCUT2D eigenvalue weighted by Crippen LogP contribution is -2.72. The summed E-state index contributed by atoms with van der Waals surface area (Å²) in [4.78, 5) is 19.3. The maximum absolute atomic E-state index is 11.7. The third kappa shape index (κ3) is 1.97. The van der Waals surface area contributed by atoms with Crippen LogP contribution in [0.4, 0.5) is 0 Å². The fourth-order valence-electron chi connectivity index (χ4n) is 1.84. The Morgan fingerprint density at radius 2 is 2.22 bits per heavy atom. The van der Waals surface area contributed by atoms with E-state index in [9.17, 15) is 20.1 Å². The normalized spacial score (nSPS) is 34.9. The first-order valence-electron chi connectivity index (χ1n) is 5.41. The van der Waals surface area contributed by atoms with Gasteiger partial charge in [0.15, 0.2) is 5.84 Å². The number of aliphatic hydroxyl groups is 3. The predicted molar refractivity (Wildman–Crippen MR) is 61.6 cm³/mol. The minimum absolute atomic E-state index is 0.0633. The molecule has 18 heavy (non-hydrogen) atoms. The standard InChI is InChI=1S/C9H15N5O4/c1-3(15)5(16)4-2-11-6-9(18,14-4)7(17)13-8(10)12-6/h3-5,14-16,18H,2H2,1H3,(H3,10,11,12,13,17)/t3-,4+,5+,9?/m0/s1. The molecule has 100 valence electrons. The van der Waals surface area contributed by atoms with Crippen molar-refractivity contribution in [2.45, 2.75) is 30.9 Å². The molecule has 0 radical (unpaired) electrons. The quantitative estimate of drug-likeness (QED) is 0.298. The summed E-state index contributed by atoms with van der Waals surface area (Å²) in [5, 5.41) is 33.9. The van der Waals surface area contributed by atoms with Gasteiger partial charge in [0, 0.05) is 0 Å². The largest absolute Gasteiger partial charge is 0.391 e. The van der Waals surface area contributed by atoms with Crippen molar-refractivity contribution in [3.05, 3.63) is 0 Å². The second-order valence-electron chi connectivity index (χ2n) is 4.31. The molecule has 4 atom stereocenters. The Kier molecular flexibility index (Phi) is 3.07. The highest BCUT2D eigenvalue weighted by molar-refractivity contribution is 6.21. The minimum Gasteiger partial charge on any atom is -0.391 e. The number of fused-ring (bicyclic) bond motifs is 1. The van der Waals surface area contributed by atoms with Gasteiger partial charge in [0.05, 0.1) is 24.8 Å². The van der Waals surface area contributed by atoms with Gasteiger partial charge in [-0.1, -0.05) is 0 Å². The molecule has 7 N–H and O–H groups in total. The minimum atomic E-state index is -2.14. The molecule has 0 bridgehead atoms. The summed E-state index contributed by atoms with van der Waals surface area (Å²) in [7, 11) is 0. The first-order valence-corrected chi connectivity index (χ1v) is 5.41. The highest BCUT2D eigenvalue weighted by atomic mass is 16.3. The van der Waals surface area contributed by atoms with Crippen LogP contribution in [0.2, 0.25) is 0 Å². The van der Waals surface area contributed by atoms with Crippen LogP contribution in [0.25, 0.3) is 0 Å². The zero-order valence-corrected chi connectivity index (χ0v) is 9.66. The first-order chi connectivity index (χ1) is 8.34. The molecule has 1 unspecified atom stereocenters. The van der Waals surface area contributed by atoms with Crippen LogP contribution in [0.15, 0.2) is 9.98 Å². The van der Waals surface area contributed by atoms with Gasteiger partial charge in [0.1, 0.15) is 0 Å². The average Bonchev–Trinajstić information content (AvgIpc) is 2.29. The second-order valence-corrected chi connectivity index (χ2v) is 4.31. The van der Waals surface area contributed by atoms with Gasteiger partial charge in [-0.05, 0) is 6.92 Å². The molecule has 0 aliphatic carbocycles. The van der Waals surface area contributed by atoms with Crippen LogP contribution in [-0.4, -0.2) is 63.5 Å². The number of amides is 1. The lowest BCUT2D eigenvalue weighted by atomic mass is 10.00. The Balaban J connectivity index is 2.29. The van der Waals surface area contributed by atoms with E-state index >= 15 is 0 Å². The number of guanidine groups is 1. The van der Waals surface area contributed by atoms with Crippen molar-refractivity contribution in [2.24, 2.45) is 15.7 Å². The molecular weight excluding hydrogens is 242 g/mol. The average molecular weight is 257 g/mol. The topological polar surface area (TPSA) is 153 Å². The van der Waals surface area contributed by atoms with Crippen molar-refractivity contribution < 1.29 is 20.1 Å². The van der Waals surface area contributed by atoms with E-state index in [0.717, 1.165) is 0 Å². The number of nitrogens with two attached hydrogens (primary N) is 1. The third-order valence-corrected chi connectivity index (χ3v) is 2.86. The smallest absolute Gasteiger partial charge is 0.282 e. The molecule has 2 rings (SSSR count). The third-order valence-electron chi connectivity index (χ3n) is 2.86. The summed E-state index contributed by atoms with van der Waals surface area (Å²) < 4.78 is 0. The number of hydrogen-bond acceptors (Lipinski definition) is 8. The Morgan fingerprint density at radius 3 is 2.83 bits per heavy atom. The van der Waals surface area contributed by atoms with Crippen molar-refractivity contribution in [1.82, 2.24) is 10.6 Å². The van der Waals surface area contributed by atoms with E-state index in [0.29, 0.717) is 0 Å². The van der Waals surface area contributed by atoms with Gasteiger partial charge in [0.25, 0.3) is 11.6 Å². The number of aliphatic hydroxyl groups excluding tert-OH is 2. The molecule has 0 saturated carbocycles. The van der Waals surface area contributed by atoms with Crippen molar-refractivity contribution >= 4 is 17.7 Å². The Morgan fingerprint density at radius 1 is 1.56 bits per heavy atom. The second kappa shape index (κ2) is 4.28. The van der Waals surface area contributed by atoms with Gasteiger partial charge in [0.2, 0.25) is 5.96 Å². The number of rotatable bonds is 2. The molecule has 0 aromatic heterocycles. The van der Waals surface area contributed by atoms with Crippen molar-refractivity contribution in [1.29, 1.82) is 0 Å². The molecule has 2 heterocycles. The van der Waals surface area contributed by atoms with Gasteiger partial charge in [-0.25, -0.2) is 0 Å². The van der Waals surface area contributed by atoms with Crippen LogP contribution >= 0.6 is 0 Å². The monoisotopic (exact) mass is 257 g/mol. The highest BCUT2D eigenvalue weighted by Crippen LogP contribution is 2.17. The summed E-state index contributed by atoms with van der Waals surface area (Å²) >= 11 is 0. The van der Waals surface area contributed by atoms with Gasteiger partial charge < -0.3 is 21.1 Å². The summed E-state index contributed by atoms with van der Waals surface area (Å²) in [5.41, 5.74) is 3.21. The number of carbonyl (C=O) groups is 1. The SMILES string of the molecule is C[C@H](O)[C@@H](O)[C@H]1CN=C2N=C(N)NC(=O)C2(O)N1. The molecule has 2 aliphatic rings. The number of amidine groups is 1. The number of nitrogens with one attached hydrogen (secondary N) is 2. The number of hydrogen-bond donors (Lipinski definition) is 6. The van der Waals surface area contributed by atoms with Crippen LogP contribution in [0.1, 0.15) is 6.92 Å². The summed E-state index contributed by atoms with van der Waals surface area (Å²) in [6.45, 7) is 1.46. The lowest BCUT2D eigenvalue weighted by molar-refractivity contribution is -0.137. The van der Waals surface area contributed by atoms with E-state index in [4.69, 9.17) is 5.73 Å². The van der Waals surface area contributed by atoms with Crippen LogP contribution in [-0.2, 0) is 4.79 Å². The number of carbonyl (C=O) groups excluding carboxylic acids is 1. The molecule has 0 saturated heterocycles. The summed E-state index contributed by atoms with van der Waals surface area (Å²) in [5.74, 6) is -1.13. The van der Waals surface area contributed by atoms with E-state index in [1.165, 1.54) is 6.92 Å². The van der Waals surface area contributed by atoms with Gasteiger partial charge in [-0.3, -0.25) is 20.4 Å². The molecular formula is C9H15N5O4. The molecule has 2 aliphatic heterocycles. The zero-order valence-electron chi connectivity index (χ0n) is 9.66. The van der Waals surface area contributed by atoms with E-state index in [1.54, 1.807) is 0 Å². The van der Waals surface area contributed by atoms with E-state index in [1.807, 2.05) is 0 Å². The summed E-state index contributed by atoms with van der Waals surface area (Å²) in [6.07, 6.45) is -2.20. The Hall–Kier alpha value is -1.55. The van der Waals surface area contributed by atoms with E-state index in [-0.39, 0.29) is 18.3 Å². The van der Waals surface area contributed by atoms with Gasteiger partial charge >= 0.3 is 0 Å². The van der Waals surface area contributed by atoms with Crippen LogP contribution < -0.4 is 16.4 Å². The fraction of sp³-hybridized carbons (Fsp3) is 0.667. The fourth-order valence-corrected chi connectivity index (χ4v) is 1.84. The van der Waals surface area contributed by atoms with Crippen molar-refractivity contribution in [3.8, 4) is 0 Å². The molecule has 1 amide bonds. The molecule has 9 nitrogen and oxygen atoms in total. The Labute approximate surface area is 102 Å². The Bertz CT molecular complexity index is 435. The molecule has 0 spiro atoms. The van der Waals surface area contributed by atoms with Crippen molar-refractivity contribution in [2.75, 3.05) is 6.54 Å². The lowest BCUT2D eigenvalue weighted by Gasteiger charge is -2.38. The summed E-state index contributed by atoms with van der Waals surface area (Å²) in [6, 6.07) is -0.765. The predicted octanol–water partition coefficient (Wildman–Crippen LogP) is -3.77. The first kappa shape index (κ1) is 12.9. The molecule has 9 heteroatoms. The van der Waals surface area contributed by atoms with E-state index in [2.05, 4.69) is 20.6 Å². The zero-order chi connectivity index (χ0) is 13.5. The molecule has 0 aromatic rings. The van der Waals surface area contributed by atoms with Crippen molar-refractivity contribution in [3.63, 3.8) is 0 Å². The maximum Gasteiger partial charge on any atom is 0.282 e. The number of nitrogens with zero attached hydrogens (tertiary/aromatic N) is 2. The molecule has 0 fully saturated rings. The van der Waals surface area contributed by atoms with Gasteiger partial charge in [-0.15, -0.1) is 0 Å².